The molecule has 100 valence electrons. The van der Waals surface area contributed by atoms with Crippen molar-refractivity contribution in [3.63, 3.8) is 0 Å². The van der Waals surface area contributed by atoms with Crippen molar-refractivity contribution in [3.05, 3.63) is 45.9 Å². The molecule has 3 rings (SSSR count). The lowest BCUT2D eigenvalue weighted by Crippen LogP contribution is -2.10. The summed E-state index contributed by atoms with van der Waals surface area (Å²) in [6.07, 6.45) is 0. The van der Waals surface area contributed by atoms with Crippen LogP contribution in [0.1, 0.15) is 31.9 Å². The van der Waals surface area contributed by atoms with Crippen LogP contribution in [0.2, 0.25) is 0 Å². The summed E-state index contributed by atoms with van der Waals surface area (Å²) in [5.74, 6) is 0. The largest absolute Gasteiger partial charge is 0.354 e. The van der Waals surface area contributed by atoms with Gasteiger partial charge in [0.25, 0.3) is 0 Å². The lowest BCUT2D eigenvalue weighted by Gasteiger charge is -2.19. The molecule has 0 spiro atoms. The molecule has 2 aromatic carbocycles. The fraction of sp³-hybridized carbons (Fsp3) is 0.235. The van der Waals surface area contributed by atoms with Crippen molar-refractivity contribution in [2.45, 2.75) is 26.2 Å². The van der Waals surface area contributed by atoms with Crippen molar-refractivity contribution >= 4 is 37.7 Å². The smallest absolute Gasteiger partial charge is 0.0991 e. The predicted molar refractivity (Wildman–Crippen MR) is 86.9 cm³/mol. The standard InChI is InChI=1S/C17H15BrN2/c1-17(2,3)11-7-13-12-6-10(9-19)4-5-15(12)20-16(13)14(18)8-11/h4-8,20H,1-3H3. The first-order valence-electron chi connectivity index (χ1n) is 6.56. The third-order valence-corrected chi connectivity index (χ3v) is 4.28. The number of nitriles is 1. The van der Waals surface area contributed by atoms with E-state index in [0.717, 1.165) is 26.3 Å². The van der Waals surface area contributed by atoms with Crippen LogP contribution in [-0.4, -0.2) is 4.98 Å². The van der Waals surface area contributed by atoms with Crippen LogP contribution in [0.4, 0.5) is 0 Å². The molecule has 1 heterocycles. The van der Waals surface area contributed by atoms with Gasteiger partial charge in [0, 0.05) is 20.8 Å². The Hall–Kier alpha value is -1.79. The predicted octanol–water partition coefficient (Wildman–Crippen LogP) is 5.25. The zero-order valence-corrected chi connectivity index (χ0v) is 13.3. The van der Waals surface area contributed by atoms with Gasteiger partial charge in [-0.05, 0) is 57.2 Å². The van der Waals surface area contributed by atoms with Gasteiger partial charge < -0.3 is 4.98 Å². The van der Waals surface area contributed by atoms with Crippen LogP contribution in [0.15, 0.2) is 34.8 Å². The number of rotatable bonds is 0. The molecule has 0 aliphatic heterocycles. The molecule has 0 radical (unpaired) electrons. The second kappa shape index (κ2) is 4.36. The number of H-pyrrole nitrogens is 1. The minimum atomic E-state index is 0.0904. The summed E-state index contributed by atoms with van der Waals surface area (Å²) in [5, 5.41) is 11.3. The number of halogens is 1. The van der Waals surface area contributed by atoms with Gasteiger partial charge in [0.2, 0.25) is 0 Å². The Kier molecular flexibility index (Phi) is 2.88. The lowest BCUT2D eigenvalue weighted by molar-refractivity contribution is 0.591. The van der Waals surface area contributed by atoms with E-state index in [1.165, 1.54) is 5.56 Å². The maximum atomic E-state index is 9.08. The number of benzene rings is 2. The molecule has 3 heteroatoms. The molecule has 1 N–H and O–H groups in total. The maximum absolute atomic E-state index is 9.08. The summed E-state index contributed by atoms with van der Waals surface area (Å²) in [6.45, 7) is 6.61. The number of hydrogen-bond donors (Lipinski definition) is 1. The summed E-state index contributed by atoms with van der Waals surface area (Å²) < 4.78 is 1.06. The molecule has 2 nitrogen and oxygen atoms in total. The zero-order valence-electron chi connectivity index (χ0n) is 11.7. The van der Waals surface area contributed by atoms with Crippen molar-refractivity contribution in [1.29, 1.82) is 5.26 Å². The van der Waals surface area contributed by atoms with Gasteiger partial charge in [0.05, 0.1) is 17.1 Å². The summed E-state index contributed by atoms with van der Waals surface area (Å²) in [6, 6.07) is 12.4. The first-order chi connectivity index (χ1) is 9.40. The van der Waals surface area contributed by atoms with Crippen molar-refractivity contribution < 1.29 is 0 Å². The average molecular weight is 327 g/mol. The monoisotopic (exact) mass is 326 g/mol. The first-order valence-corrected chi connectivity index (χ1v) is 7.35. The molecule has 0 amide bonds. The number of nitrogens with one attached hydrogen (secondary N) is 1. The zero-order chi connectivity index (χ0) is 14.5. The van der Waals surface area contributed by atoms with E-state index in [1.807, 2.05) is 18.2 Å². The third-order valence-electron chi connectivity index (χ3n) is 3.65. The van der Waals surface area contributed by atoms with Gasteiger partial charge in [0.15, 0.2) is 0 Å². The van der Waals surface area contributed by atoms with Gasteiger partial charge >= 0.3 is 0 Å². The van der Waals surface area contributed by atoms with E-state index in [4.69, 9.17) is 5.26 Å². The van der Waals surface area contributed by atoms with Crippen molar-refractivity contribution in [1.82, 2.24) is 4.98 Å². The third kappa shape index (κ3) is 2.01. The summed E-state index contributed by atoms with van der Waals surface area (Å²) in [7, 11) is 0. The van der Waals surface area contributed by atoms with E-state index < -0.39 is 0 Å². The van der Waals surface area contributed by atoms with Crippen LogP contribution in [0.25, 0.3) is 21.8 Å². The Bertz CT molecular complexity index is 860. The number of aromatic nitrogens is 1. The second-order valence-corrected chi connectivity index (χ2v) is 6.98. The molecule has 1 aromatic heterocycles. The first kappa shape index (κ1) is 13.2. The van der Waals surface area contributed by atoms with Crippen LogP contribution < -0.4 is 0 Å². The minimum Gasteiger partial charge on any atom is -0.354 e. The molecule has 0 unspecified atom stereocenters. The average Bonchev–Trinajstić information content (AvgIpc) is 2.76. The van der Waals surface area contributed by atoms with Gasteiger partial charge in [-0.1, -0.05) is 20.8 Å². The van der Waals surface area contributed by atoms with Crippen molar-refractivity contribution in [2.75, 3.05) is 0 Å². The second-order valence-electron chi connectivity index (χ2n) is 6.13. The van der Waals surface area contributed by atoms with E-state index in [0.29, 0.717) is 5.56 Å². The topological polar surface area (TPSA) is 39.6 Å². The Morgan fingerprint density at radius 2 is 1.85 bits per heavy atom. The Morgan fingerprint density at radius 1 is 1.10 bits per heavy atom. The summed E-state index contributed by atoms with van der Waals surface area (Å²) >= 11 is 3.66. The molecule has 0 fully saturated rings. The molecule has 0 aliphatic rings. The highest BCUT2D eigenvalue weighted by molar-refractivity contribution is 9.10. The molecular weight excluding hydrogens is 312 g/mol. The molecule has 20 heavy (non-hydrogen) atoms. The minimum absolute atomic E-state index is 0.0904. The lowest BCUT2D eigenvalue weighted by atomic mass is 9.86. The normalized spacial score (nSPS) is 11.9. The molecule has 3 aromatic rings. The molecule has 0 atom stereocenters. The van der Waals surface area contributed by atoms with Gasteiger partial charge in [-0.15, -0.1) is 0 Å². The SMILES string of the molecule is CC(C)(C)c1cc(Br)c2[nH]c3ccc(C#N)cc3c2c1. The van der Waals surface area contributed by atoms with Crippen LogP contribution in [-0.2, 0) is 5.41 Å². The Morgan fingerprint density at radius 3 is 2.50 bits per heavy atom. The molecule has 0 saturated carbocycles. The van der Waals surface area contributed by atoms with Gasteiger partial charge in [-0.25, -0.2) is 0 Å². The highest BCUT2D eigenvalue weighted by Crippen LogP contribution is 2.35. The van der Waals surface area contributed by atoms with Crippen LogP contribution in [0.3, 0.4) is 0 Å². The number of nitrogens with zero attached hydrogens (tertiary/aromatic N) is 1. The fourth-order valence-electron chi connectivity index (χ4n) is 2.46. The van der Waals surface area contributed by atoms with Gasteiger partial charge in [-0.3, -0.25) is 0 Å². The van der Waals surface area contributed by atoms with Crippen LogP contribution in [0.5, 0.6) is 0 Å². The highest BCUT2D eigenvalue weighted by Gasteiger charge is 2.17. The van der Waals surface area contributed by atoms with Crippen molar-refractivity contribution in [3.8, 4) is 6.07 Å². The molecule has 0 bridgehead atoms. The van der Waals surface area contributed by atoms with E-state index in [2.05, 4.69) is 59.9 Å². The maximum Gasteiger partial charge on any atom is 0.0991 e. The molecular formula is C17H15BrN2. The summed E-state index contributed by atoms with van der Waals surface area (Å²) in [5.41, 5.74) is 4.21. The number of hydrogen-bond acceptors (Lipinski definition) is 1. The number of fused-ring (bicyclic) bond motifs is 3. The van der Waals surface area contributed by atoms with E-state index in [-0.39, 0.29) is 5.41 Å². The van der Waals surface area contributed by atoms with E-state index in [9.17, 15) is 0 Å². The highest BCUT2D eigenvalue weighted by atomic mass is 79.9. The van der Waals surface area contributed by atoms with Gasteiger partial charge in [-0.2, -0.15) is 5.26 Å². The summed E-state index contributed by atoms with van der Waals surface area (Å²) in [4.78, 5) is 3.42. The van der Waals surface area contributed by atoms with E-state index in [1.54, 1.807) is 0 Å². The van der Waals surface area contributed by atoms with E-state index >= 15 is 0 Å². The van der Waals surface area contributed by atoms with Crippen LogP contribution in [0, 0.1) is 11.3 Å². The molecule has 0 saturated heterocycles. The fourth-order valence-corrected chi connectivity index (χ4v) is 3.02. The Balaban J connectivity index is 2.44. The van der Waals surface area contributed by atoms with Crippen molar-refractivity contribution in [2.24, 2.45) is 0 Å². The van der Waals surface area contributed by atoms with Gasteiger partial charge in [0.1, 0.15) is 0 Å². The Labute approximate surface area is 126 Å². The molecule has 0 aliphatic carbocycles. The quantitative estimate of drug-likeness (QED) is 0.601. The number of aromatic amines is 1. The van der Waals surface area contributed by atoms with Crippen LogP contribution >= 0.6 is 15.9 Å².